The molecule has 6 heteroatoms. The average molecular weight is 365 g/mol. The first-order valence-corrected chi connectivity index (χ1v) is 8.22. The molecule has 0 aliphatic carbocycles. The van der Waals surface area contributed by atoms with Gasteiger partial charge in [0.1, 0.15) is 0 Å². The van der Waals surface area contributed by atoms with Crippen LogP contribution in [0.3, 0.4) is 0 Å². The zero-order valence-corrected chi connectivity index (χ0v) is 15.0. The van der Waals surface area contributed by atoms with E-state index in [9.17, 15) is 9.59 Å². The van der Waals surface area contributed by atoms with Crippen molar-refractivity contribution in [1.29, 1.82) is 0 Å². The summed E-state index contributed by atoms with van der Waals surface area (Å²) in [6.45, 7) is 4.03. The molecular weight excluding hydrogens is 347 g/mol. The molecule has 0 heterocycles. The molecule has 2 rings (SSSR count). The van der Waals surface area contributed by atoms with Crippen LogP contribution in [0.1, 0.15) is 22.8 Å². The van der Waals surface area contributed by atoms with E-state index >= 15 is 0 Å². The lowest BCUT2D eigenvalue weighted by Gasteiger charge is -2.23. The quantitative estimate of drug-likeness (QED) is 0.868. The Hall–Kier alpha value is -2.04. The van der Waals surface area contributed by atoms with Crippen LogP contribution in [0.5, 0.6) is 0 Å². The van der Waals surface area contributed by atoms with E-state index in [1.807, 2.05) is 13.0 Å². The van der Waals surface area contributed by atoms with Gasteiger partial charge in [-0.1, -0.05) is 29.3 Å². The molecule has 0 radical (unpaired) electrons. The summed E-state index contributed by atoms with van der Waals surface area (Å²) >= 11 is 11.9. The van der Waals surface area contributed by atoms with Gasteiger partial charge < -0.3 is 10.2 Å². The molecule has 0 saturated carbocycles. The van der Waals surface area contributed by atoms with E-state index in [1.165, 1.54) is 6.92 Å². The number of nitrogens with zero attached hydrogens (tertiary/aromatic N) is 1. The number of anilines is 1. The van der Waals surface area contributed by atoms with Gasteiger partial charge in [0, 0.05) is 41.3 Å². The smallest absolute Gasteiger partial charge is 0.251 e. The highest BCUT2D eigenvalue weighted by Crippen LogP contribution is 2.26. The van der Waals surface area contributed by atoms with Crippen LogP contribution in [-0.4, -0.2) is 24.9 Å². The van der Waals surface area contributed by atoms with Crippen LogP contribution in [0.25, 0.3) is 0 Å². The summed E-state index contributed by atoms with van der Waals surface area (Å²) in [4.78, 5) is 25.6. The molecule has 4 nitrogen and oxygen atoms in total. The number of nitrogens with one attached hydrogen (secondary N) is 1. The molecule has 0 spiro atoms. The Balaban J connectivity index is 2.02. The van der Waals surface area contributed by atoms with E-state index < -0.39 is 0 Å². The molecule has 0 fully saturated rings. The van der Waals surface area contributed by atoms with Crippen molar-refractivity contribution in [2.45, 2.75) is 13.8 Å². The summed E-state index contributed by atoms with van der Waals surface area (Å²) in [5.41, 5.74) is 2.10. The maximum absolute atomic E-state index is 12.1. The fraction of sp³-hybridized carbons (Fsp3) is 0.222. The summed E-state index contributed by atoms with van der Waals surface area (Å²) in [6, 6.07) is 12.0. The highest BCUT2D eigenvalue weighted by Gasteiger charge is 2.15. The second-order valence-electron chi connectivity index (χ2n) is 5.32. The van der Waals surface area contributed by atoms with Crippen LogP contribution >= 0.6 is 23.2 Å². The van der Waals surface area contributed by atoms with E-state index in [2.05, 4.69) is 5.32 Å². The van der Waals surface area contributed by atoms with E-state index in [1.54, 1.807) is 41.3 Å². The number of hydrogen-bond donors (Lipinski definition) is 1. The molecule has 0 aromatic heterocycles. The predicted molar refractivity (Wildman–Crippen MR) is 98.0 cm³/mol. The van der Waals surface area contributed by atoms with E-state index in [0.29, 0.717) is 28.7 Å². The van der Waals surface area contributed by atoms with Gasteiger partial charge in [-0.2, -0.15) is 0 Å². The number of halogens is 2. The van der Waals surface area contributed by atoms with Crippen LogP contribution in [0.15, 0.2) is 42.5 Å². The first kappa shape index (κ1) is 18.3. The Morgan fingerprint density at radius 1 is 1.08 bits per heavy atom. The van der Waals surface area contributed by atoms with Crippen molar-refractivity contribution in [3.63, 3.8) is 0 Å². The van der Waals surface area contributed by atoms with Gasteiger partial charge in [-0.15, -0.1) is 0 Å². The van der Waals surface area contributed by atoms with Crippen LogP contribution < -0.4 is 10.2 Å². The van der Waals surface area contributed by atoms with Crippen LogP contribution in [0, 0.1) is 6.92 Å². The van der Waals surface area contributed by atoms with Crippen LogP contribution in [0.2, 0.25) is 10.0 Å². The minimum atomic E-state index is -0.210. The van der Waals surface area contributed by atoms with Crippen molar-refractivity contribution in [3.8, 4) is 0 Å². The Bertz CT molecular complexity index is 745. The lowest BCUT2D eigenvalue weighted by atomic mass is 10.1. The average Bonchev–Trinajstić information content (AvgIpc) is 2.55. The SMILES string of the molecule is CC(=O)N(CCNC(=O)c1ccc(Cl)cc1)c1cccc(Cl)c1C. The Morgan fingerprint density at radius 3 is 2.38 bits per heavy atom. The molecule has 2 aromatic rings. The molecule has 0 unspecified atom stereocenters. The Labute approximate surface area is 151 Å². The first-order valence-electron chi connectivity index (χ1n) is 7.47. The van der Waals surface area contributed by atoms with Gasteiger partial charge in [0.25, 0.3) is 5.91 Å². The molecule has 0 aliphatic rings. The maximum atomic E-state index is 12.1. The highest BCUT2D eigenvalue weighted by molar-refractivity contribution is 6.31. The molecular formula is C18H18Cl2N2O2. The van der Waals surface area contributed by atoms with Gasteiger partial charge in [-0.25, -0.2) is 0 Å². The number of carbonyl (C=O) groups is 2. The monoisotopic (exact) mass is 364 g/mol. The van der Waals surface area contributed by atoms with Crippen LogP contribution in [-0.2, 0) is 4.79 Å². The number of hydrogen-bond acceptors (Lipinski definition) is 2. The third kappa shape index (κ3) is 4.49. The third-order valence-corrected chi connectivity index (χ3v) is 4.30. The standard InChI is InChI=1S/C18H18Cl2N2O2/c1-12-16(20)4-3-5-17(12)22(13(2)23)11-10-21-18(24)14-6-8-15(19)9-7-14/h3-9H,10-11H2,1-2H3,(H,21,24). The van der Waals surface area contributed by atoms with Gasteiger partial charge in [-0.3, -0.25) is 9.59 Å². The van der Waals surface area contributed by atoms with Gasteiger partial charge in [-0.05, 0) is 48.9 Å². The van der Waals surface area contributed by atoms with E-state index in [0.717, 1.165) is 11.3 Å². The lowest BCUT2D eigenvalue weighted by Crippen LogP contribution is -2.38. The Morgan fingerprint density at radius 2 is 1.75 bits per heavy atom. The maximum Gasteiger partial charge on any atom is 0.251 e. The van der Waals surface area contributed by atoms with Gasteiger partial charge in [0.15, 0.2) is 0 Å². The van der Waals surface area contributed by atoms with E-state index in [-0.39, 0.29) is 11.8 Å². The molecule has 24 heavy (non-hydrogen) atoms. The van der Waals surface area contributed by atoms with E-state index in [4.69, 9.17) is 23.2 Å². The van der Waals surface area contributed by atoms with Crippen molar-refractivity contribution < 1.29 is 9.59 Å². The molecule has 0 bridgehead atoms. The van der Waals surface area contributed by atoms with Gasteiger partial charge >= 0.3 is 0 Å². The third-order valence-electron chi connectivity index (χ3n) is 3.64. The minimum Gasteiger partial charge on any atom is -0.350 e. The fourth-order valence-corrected chi connectivity index (χ4v) is 2.62. The van der Waals surface area contributed by atoms with Crippen molar-refractivity contribution in [2.24, 2.45) is 0 Å². The molecule has 0 saturated heterocycles. The molecule has 0 aliphatic heterocycles. The first-order chi connectivity index (χ1) is 11.4. The second kappa shape index (κ2) is 8.18. The Kier molecular flexibility index (Phi) is 6.23. The second-order valence-corrected chi connectivity index (χ2v) is 6.16. The molecule has 0 atom stereocenters. The topological polar surface area (TPSA) is 49.4 Å². The zero-order valence-electron chi connectivity index (χ0n) is 13.5. The number of carbonyl (C=O) groups excluding carboxylic acids is 2. The zero-order chi connectivity index (χ0) is 17.7. The predicted octanol–water partition coefficient (Wildman–Crippen LogP) is 4.08. The van der Waals surface area contributed by atoms with Crippen molar-refractivity contribution in [3.05, 3.63) is 63.6 Å². The number of benzene rings is 2. The summed E-state index contributed by atoms with van der Waals surface area (Å²) in [7, 11) is 0. The number of rotatable bonds is 5. The van der Waals surface area contributed by atoms with Gasteiger partial charge in [0.2, 0.25) is 5.91 Å². The lowest BCUT2D eigenvalue weighted by molar-refractivity contribution is -0.116. The van der Waals surface area contributed by atoms with Crippen molar-refractivity contribution >= 4 is 40.7 Å². The van der Waals surface area contributed by atoms with Gasteiger partial charge in [0.05, 0.1) is 0 Å². The minimum absolute atomic E-state index is 0.110. The largest absolute Gasteiger partial charge is 0.350 e. The van der Waals surface area contributed by atoms with Crippen molar-refractivity contribution in [2.75, 3.05) is 18.0 Å². The summed E-state index contributed by atoms with van der Waals surface area (Å²) in [5, 5.41) is 3.97. The normalized spacial score (nSPS) is 10.3. The summed E-state index contributed by atoms with van der Waals surface area (Å²) < 4.78 is 0. The molecule has 2 amide bonds. The molecule has 126 valence electrons. The van der Waals surface area contributed by atoms with Crippen molar-refractivity contribution in [1.82, 2.24) is 5.32 Å². The molecule has 1 N–H and O–H groups in total. The fourth-order valence-electron chi connectivity index (χ4n) is 2.32. The molecule has 2 aromatic carbocycles. The summed E-state index contributed by atoms with van der Waals surface area (Å²) in [6.07, 6.45) is 0. The summed E-state index contributed by atoms with van der Waals surface area (Å²) in [5.74, 6) is -0.320. The number of amides is 2. The van der Waals surface area contributed by atoms with Crippen LogP contribution in [0.4, 0.5) is 5.69 Å². The highest BCUT2D eigenvalue weighted by atomic mass is 35.5.